The van der Waals surface area contributed by atoms with Crippen LogP contribution in [-0.4, -0.2) is 86.6 Å². The largest absolute Gasteiger partial charge is 0.380 e. The molecule has 10 heteroatoms. The number of anilines is 2. The third kappa shape index (κ3) is 6.63. The van der Waals surface area contributed by atoms with Gasteiger partial charge in [0, 0.05) is 50.8 Å². The Morgan fingerprint density at radius 2 is 2.13 bits per heavy atom. The second-order valence-corrected chi connectivity index (χ2v) is 12.0. The number of methoxy groups -OCH3 is 1. The van der Waals surface area contributed by atoms with Crippen LogP contribution in [0.3, 0.4) is 0 Å². The second kappa shape index (κ2) is 12.3. The molecule has 39 heavy (non-hydrogen) atoms. The topological polar surface area (TPSA) is 88.2 Å². The standard InChI is InChI=1S/C29H41N5O4S/c1-5-24(26-18-39-28(32-26)33-10-8-22(16-33)36-4)31-25-7-6-20(15-34-11-13-38-19-29(34,2)3)14-23(25)27(35)30-21-9-12-37-17-21/h5-7,14,18,21-22,31H,8-13,15-17,19H2,1-4H3,(H,30,35)/t21-,22+/m1/s1. The molecule has 0 aliphatic carbocycles. The fourth-order valence-corrected chi connectivity index (χ4v) is 6.22. The van der Waals surface area contributed by atoms with Crippen molar-refractivity contribution >= 4 is 33.8 Å². The van der Waals surface area contributed by atoms with Gasteiger partial charge in [-0.3, -0.25) is 9.69 Å². The van der Waals surface area contributed by atoms with Crippen molar-refractivity contribution < 1.29 is 19.0 Å². The van der Waals surface area contributed by atoms with Crippen LogP contribution < -0.4 is 15.5 Å². The van der Waals surface area contributed by atoms with Gasteiger partial charge in [0.15, 0.2) is 5.13 Å². The summed E-state index contributed by atoms with van der Waals surface area (Å²) in [6, 6.07) is 6.18. The summed E-state index contributed by atoms with van der Waals surface area (Å²) in [6.45, 7) is 12.5. The lowest BCUT2D eigenvalue weighted by atomic mass is 10.00. The predicted molar refractivity (Wildman–Crippen MR) is 155 cm³/mol. The Morgan fingerprint density at radius 3 is 2.85 bits per heavy atom. The van der Waals surface area contributed by atoms with Gasteiger partial charge in [-0.05, 0) is 51.3 Å². The molecular formula is C29H41N5O4S. The van der Waals surface area contributed by atoms with Gasteiger partial charge in [-0.25, -0.2) is 4.98 Å². The minimum atomic E-state index is -0.0896. The van der Waals surface area contributed by atoms with Crippen LogP contribution in [0.15, 0.2) is 29.7 Å². The molecular weight excluding hydrogens is 514 g/mol. The number of aromatic nitrogens is 1. The lowest BCUT2D eigenvalue weighted by Crippen LogP contribution is -2.52. The Morgan fingerprint density at radius 1 is 1.26 bits per heavy atom. The van der Waals surface area contributed by atoms with Gasteiger partial charge in [0.1, 0.15) is 0 Å². The quantitative estimate of drug-likeness (QED) is 0.481. The van der Waals surface area contributed by atoms with Crippen LogP contribution in [0.5, 0.6) is 0 Å². The highest BCUT2D eigenvalue weighted by molar-refractivity contribution is 7.13. The van der Waals surface area contributed by atoms with E-state index >= 15 is 0 Å². The number of ether oxygens (including phenoxy) is 3. The zero-order chi connectivity index (χ0) is 27.4. The van der Waals surface area contributed by atoms with Crippen LogP contribution >= 0.6 is 11.3 Å². The number of allylic oxidation sites excluding steroid dienone is 1. The lowest BCUT2D eigenvalue weighted by molar-refractivity contribution is -0.0552. The number of carbonyl (C=O) groups excluding carboxylic acids is 1. The highest BCUT2D eigenvalue weighted by Gasteiger charge is 2.31. The SMILES string of the molecule is CC=C(Nc1ccc(CN2CCOCC2(C)C)cc1C(=O)N[C@@H]1CCOC1)c1csc(N2CC[C@H](OC)C2)n1. The van der Waals surface area contributed by atoms with E-state index in [-0.39, 0.29) is 23.6 Å². The smallest absolute Gasteiger partial charge is 0.253 e. The van der Waals surface area contributed by atoms with E-state index in [1.807, 2.05) is 25.1 Å². The fraction of sp³-hybridized carbons (Fsp3) is 0.586. The van der Waals surface area contributed by atoms with Crippen LogP contribution in [0.4, 0.5) is 10.8 Å². The van der Waals surface area contributed by atoms with Gasteiger partial charge in [-0.15, -0.1) is 11.3 Å². The summed E-state index contributed by atoms with van der Waals surface area (Å²) < 4.78 is 16.7. The summed E-state index contributed by atoms with van der Waals surface area (Å²) in [4.78, 5) is 23.2. The predicted octanol–water partition coefficient (Wildman–Crippen LogP) is 3.97. The first kappa shape index (κ1) is 28.0. The molecule has 1 aromatic carbocycles. The first-order chi connectivity index (χ1) is 18.9. The molecule has 4 heterocycles. The number of thiazole rings is 1. The third-order valence-corrected chi connectivity index (χ3v) is 8.76. The molecule has 2 aromatic rings. The van der Waals surface area contributed by atoms with Crippen molar-refractivity contribution in [2.45, 2.75) is 57.8 Å². The molecule has 2 N–H and O–H groups in total. The Kier molecular flexibility index (Phi) is 8.88. The van der Waals surface area contributed by atoms with Crippen LogP contribution in [-0.2, 0) is 20.8 Å². The molecule has 212 valence electrons. The number of nitrogens with one attached hydrogen (secondary N) is 2. The van der Waals surface area contributed by atoms with E-state index in [1.54, 1.807) is 18.4 Å². The second-order valence-electron chi connectivity index (χ2n) is 11.1. The van der Waals surface area contributed by atoms with Crippen molar-refractivity contribution in [3.63, 3.8) is 0 Å². The maximum Gasteiger partial charge on any atom is 0.253 e. The van der Waals surface area contributed by atoms with E-state index in [1.165, 1.54) is 0 Å². The molecule has 3 saturated heterocycles. The number of amides is 1. The molecule has 0 radical (unpaired) electrons. The van der Waals surface area contributed by atoms with Crippen LogP contribution in [0.2, 0.25) is 0 Å². The summed E-state index contributed by atoms with van der Waals surface area (Å²) in [5.41, 5.74) is 4.18. The molecule has 0 unspecified atom stereocenters. The van der Waals surface area contributed by atoms with Crippen LogP contribution in [0, 0.1) is 0 Å². The number of carbonyl (C=O) groups is 1. The number of morpholine rings is 1. The number of nitrogens with zero attached hydrogens (tertiary/aromatic N) is 3. The zero-order valence-corrected chi connectivity index (χ0v) is 24.3. The van der Waals surface area contributed by atoms with Crippen molar-refractivity contribution in [2.75, 3.05) is 63.4 Å². The molecule has 3 aliphatic rings. The van der Waals surface area contributed by atoms with Gasteiger partial charge in [0.2, 0.25) is 0 Å². The lowest BCUT2D eigenvalue weighted by Gasteiger charge is -2.42. The molecule has 0 saturated carbocycles. The van der Waals surface area contributed by atoms with Gasteiger partial charge in [-0.1, -0.05) is 12.1 Å². The highest BCUT2D eigenvalue weighted by atomic mass is 32.1. The van der Waals surface area contributed by atoms with Crippen molar-refractivity contribution in [3.05, 3.63) is 46.5 Å². The highest BCUT2D eigenvalue weighted by Crippen LogP contribution is 2.31. The molecule has 3 fully saturated rings. The Bertz CT molecular complexity index is 1180. The molecule has 5 rings (SSSR count). The van der Waals surface area contributed by atoms with Crippen molar-refractivity contribution in [3.8, 4) is 0 Å². The minimum Gasteiger partial charge on any atom is -0.380 e. The molecule has 2 atom stereocenters. The summed E-state index contributed by atoms with van der Waals surface area (Å²) in [7, 11) is 1.77. The van der Waals surface area contributed by atoms with Gasteiger partial charge in [-0.2, -0.15) is 0 Å². The number of hydrogen-bond donors (Lipinski definition) is 2. The maximum atomic E-state index is 13.5. The number of rotatable bonds is 9. The fourth-order valence-electron chi connectivity index (χ4n) is 5.36. The van der Waals surface area contributed by atoms with Gasteiger partial charge < -0.3 is 29.7 Å². The van der Waals surface area contributed by atoms with E-state index in [9.17, 15) is 4.79 Å². The van der Waals surface area contributed by atoms with Crippen LogP contribution in [0.25, 0.3) is 5.70 Å². The normalized spacial score (nSPS) is 23.8. The van der Waals surface area contributed by atoms with E-state index in [0.717, 1.165) is 73.4 Å². The van der Waals surface area contributed by atoms with Crippen molar-refractivity contribution in [1.82, 2.24) is 15.2 Å². The Balaban J connectivity index is 1.37. The summed E-state index contributed by atoms with van der Waals surface area (Å²) in [5, 5.41) is 9.77. The van der Waals surface area contributed by atoms with Gasteiger partial charge in [0.05, 0.1) is 54.6 Å². The molecule has 0 spiro atoms. The van der Waals surface area contributed by atoms with Gasteiger partial charge >= 0.3 is 0 Å². The zero-order valence-electron chi connectivity index (χ0n) is 23.5. The van der Waals surface area contributed by atoms with E-state index in [2.05, 4.69) is 45.7 Å². The molecule has 9 nitrogen and oxygen atoms in total. The average Bonchev–Trinajstić information content (AvgIpc) is 3.71. The molecule has 1 amide bonds. The summed E-state index contributed by atoms with van der Waals surface area (Å²) in [5.74, 6) is -0.0896. The third-order valence-electron chi connectivity index (χ3n) is 7.86. The first-order valence-corrected chi connectivity index (χ1v) is 14.8. The number of hydrogen-bond acceptors (Lipinski definition) is 9. The Labute approximate surface area is 235 Å². The Hall–Kier alpha value is -2.50. The molecule has 3 aliphatic heterocycles. The van der Waals surface area contributed by atoms with Crippen molar-refractivity contribution in [1.29, 1.82) is 0 Å². The van der Waals surface area contributed by atoms with E-state index in [4.69, 9.17) is 19.2 Å². The van der Waals surface area contributed by atoms with Crippen molar-refractivity contribution in [2.24, 2.45) is 0 Å². The summed E-state index contributed by atoms with van der Waals surface area (Å²) >= 11 is 1.64. The van der Waals surface area contributed by atoms with E-state index in [0.29, 0.717) is 25.4 Å². The monoisotopic (exact) mass is 555 g/mol. The van der Waals surface area contributed by atoms with E-state index < -0.39 is 0 Å². The molecule has 1 aromatic heterocycles. The minimum absolute atomic E-state index is 0.0332. The summed E-state index contributed by atoms with van der Waals surface area (Å²) in [6.07, 6.45) is 4.11. The molecule has 0 bridgehead atoms. The van der Waals surface area contributed by atoms with Crippen LogP contribution in [0.1, 0.15) is 55.2 Å². The maximum absolute atomic E-state index is 13.5. The number of benzene rings is 1. The first-order valence-electron chi connectivity index (χ1n) is 13.9. The average molecular weight is 556 g/mol. The van der Waals surface area contributed by atoms with Gasteiger partial charge in [0.25, 0.3) is 5.91 Å².